The Bertz CT molecular complexity index is 731. The van der Waals surface area contributed by atoms with E-state index in [0.29, 0.717) is 13.1 Å². The fourth-order valence-corrected chi connectivity index (χ4v) is 4.52. The van der Waals surface area contributed by atoms with E-state index in [1.165, 1.54) is 12.8 Å². The number of fused-ring (bicyclic) bond motifs is 1. The van der Waals surface area contributed by atoms with Gasteiger partial charge in [0.25, 0.3) is 0 Å². The van der Waals surface area contributed by atoms with E-state index in [1.807, 2.05) is 22.9 Å². The van der Waals surface area contributed by atoms with Crippen LogP contribution in [0.5, 0.6) is 0 Å². The fourth-order valence-electron chi connectivity index (χ4n) is 4.52. The molecule has 2 atom stereocenters. The van der Waals surface area contributed by atoms with Crippen molar-refractivity contribution >= 4 is 11.8 Å². The standard InChI is InChI=1S/C20H29N5O2/c1-14(23-7-3-4-8-23)20(27)25-10-6-18-17(13-25)11-21-19(22-18)16-5-9-24(12-16)15(2)26/h11,14,16H,3-10,12-13H2,1-2H3/t14-,16-/m1/s1. The zero-order chi connectivity index (χ0) is 19.0. The predicted octanol–water partition coefficient (Wildman–Crippen LogP) is 1.18. The van der Waals surface area contributed by atoms with Gasteiger partial charge in [0.05, 0.1) is 11.7 Å². The first kappa shape index (κ1) is 18.3. The summed E-state index contributed by atoms with van der Waals surface area (Å²) < 4.78 is 0. The van der Waals surface area contributed by atoms with E-state index in [1.54, 1.807) is 6.92 Å². The van der Waals surface area contributed by atoms with Crippen LogP contribution in [0.25, 0.3) is 0 Å². The Morgan fingerprint density at radius 2 is 1.93 bits per heavy atom. The van der Waals surface area contributed by atoms with Crippen LogP contribution in [0.1, 0.15) is 56.1 Å². The van der Waals surface area contributed by atoms with Gasteiger partial charge in [0, 0.05) is 57.2 Å². The molecular formula is C20H29N5O2. The fraction of sp³-hybridized carbons (Fsp3) is 0.700. The van der Waals surface area contributed by atoms with E-state index < -0.39 is 0 Å². The van der Waals surface area contributed by atoms with Gasteiger partial charge < -0.3 is 9.80 Å². The van der Waals surface area contributed by atoms with Crippen LogP contribution in [-0.4, -0.2) is 75.2 Å². The molecule has 1 aromatic rings. The molecule has 2 saturated heterocycles. The molecule has 146 valence electrons. The third-order valence-electron chi connectivity index (χ3n) is 6.31. The molecule has 4 heterocycles. The van der Waals surface area contributed by atoms with Gasteiger partial charge in [0.15, 0.2) is 0 Å². The van der Waals surface area contributed by atoms with E-state index in [4.69, 9.17) is 4.98 Å². The van der Waals surface area contributed by atoms with Crippen LogP contribution >= 0.6 is 0 Å². The molecule has 0 saturated carbocycles. The lowest BCUT2D eigenvalue weighted by Gasteiger charge is -2.33. The van der Waals surface area contributed by atoms with Gasteiger partial charge in [-0.15, -0.1) is 0 Å². The number of nitrogens with zero attached hydrogens (tertiary/aromatic N) is 5. The maximum atomic E-state index is 12.9. The van der Waals surface area contributed by atoms with Crippen molar-refractivity contribution in [2.75, 3.05) is 32.7 Å². The average Bonchev–Trinajstić information content (AvgIpc) is 3.38. The van der Waals surface area contributed by atoms with Crippen LogP contribution in [0.4, 0.5) is 0 Å². The summed E-state index contributed by atoms with van der Waals surface area (Å²) in [6, 6.07) is -0.0368. The highest BCUT2D eigenvalue weighted by atomic mass is 16.2. The van der Waals surface area contributed by atoms with Gasteiger partial charge in [-0.25, -0.2) is 9.97 Å². The average molecular weight is 371 g/mol. The monoisotopic (exact) mass is 371 g/mol. The van der Waals surface area contributed by atoms with Crippen LogP contribution in [0.15, 0.2) is 6.20 Å². The maximum Gasteiger partial charge on any atom is 0.239 e. The van der Waals surface area contributed by atoms with Crippen molar-refractivity contribution < 1.29 is 9.59 Å². The van der Waals surface area contributed by atoms with Crippen LogP contribution in [0.2, 0.25) is 0 Å². The van der Waals surface area contributed by atoms with Crippen LogP contribution in [0.3, 0.4) is 0 Å². The number of hydrogen-bond acceptors (Lipinski definition) is 5. The second-order valence-electron chi connectivity index (χ2n) is 8.08. The number of likely N-dealkylation sites (tertiary alicyclic amines) is 2. The third-order valence-corrected chi connectivity index (χ3v) is 6.31. The summed E-state index contributed by atoms with van der Waals surface area (Å²) in [7, 11) is 0. The first-order valence-corrected chi connectivity index (χ1v) is 10.2. The molecule has 2 fully saturated rings. The minimum atomic E-state index is -0.0368. The van der Waals surface area contributed by atoms with Gasteiger partial charge in [0.2, 0.25) is 11.8 Å². The van der Waals surface area contributed by atoms with Crippen molar-refractivity contribution in [1.82, 2.24) is 24.7 Å². The van der Waals surface area contributed by atoms with Crippen molar-refractivity contribution in [2.45, 2.75) is 58.0 Å². The van der Waals surface area contributed by atoms with Crippen molar-refractivity contribution in [3.05, 3.63) is 23.3 Å². The summed E-state index contributed by atoms with van der Waals surface area (Å²) in [5.41, 5.74) is 2.13. The van der Waals surface area contributed by atoms with E-state index in [0.717, 1.165) is 56.1 Å². The molecule has 0 radical (unpaired) electrons. The number of carbonyl (C=O) groups is 2. The highest BCUT2D eigenvalue weighted by Gasteiger charge is 2.32. The number of hydrogen-bond donors (Lipinski definition) is 0. The molecular weight excluding hydrogens is 342 g/mol. The van der Waals surface area contributed by atoms with Gasteiger partial charge in [-0.05, 0) is 39.3 Å². The van der Waals surface area contributed by atoms with Gasteiger partial charge in [0.1, 0.15) is 5.82 Å². The molecule has 0 N–H and O–H groups in total. The van der Waals surface area contributed by atoms with Crippen LogP contribution in [0, 0.1) is 0 Å². The Hall–Kier alpha value is -2.02. The summed E-state index contributed by atoms with van der Waals surface area (Å²) in [6.45, 7) is 8.55. The number of aromatic nitrogens is 2. The second-order valence-corrected chi connectivity index (χ2v) is 8.08. The van der Waals surface area contributed by atoms with Gasteiger partial charge >= 0.3 is 0 Å². The number of amides is 2. The zero-order valence-corrected chi connectivity index (χ0v) is 16.4. The minimum Gasteiger partial charge on any atom is -0.342 e. The molecule has 0 spiro atoms. The third kappa shape index (κ3) is 3.70. The van der Waals surface area contributed by atoms with Gasteiger partial charge in [-0.2, -0.15) is 0 Å². The number of rotatable bonds is 3. The van der Waals surface area contributed by atoms with E-state index in [9.17, 15) is 9.59 Å². The summed E-state index contributed by atoms with van der Waals surface area (Å²) in [5, 5.41) is 0. The molecule has 27 heavy (non-hydrogen) atoms. The lowest BCUT2D eigenvalue weighted by Crippen LogP contribution is -2.47. The SMILES string of the molecule is CC(=O)N1CC[C@@H](c2ncc3c(n2)CCN(C(=O)[C@@H](C)N2CCCC2)C3)C1. The van der Waals surface area contributed by atoms with Gasteiger partial charge in [-0.3, -0.25) is 14.5 Å². The van der Waals surface area contributed by atoms with Crippen molar-refractivity contribution in [3.8, 4) is 0 Å². The van der Waals surface area contributed by atoms with E-state index in [2.05, 4.69) is 9.88 Å². The lowest BCUT2D eigenvalue weighted by molar-refractivity contribution is -0.137. The molecule has 1 aromatic heterocycles. The molecule has 4 rings (SSSR count). The second kappa shape index (κ2) is 7.54. The molecule has 7 heteroatoms. The normalized spacial score (nSPS) is 24.1. The molecule has 0 aromatic carbocycles. The van der Waals surface area contributed by atoms with Crippen molar-refractivity contribution in [3.63, 3.8) is 0 Å². The zero-order valence-electron chi connectivity index (χ0n) is 16.4. The Morgan fingerprint density at radius 3 is 2.63 bits per heavy atom. The first-order valence-electron chi connectivity index (χ1n) is 10.2. The molecule has 3 aliphatic rings. The molecule has 2 amide bonds. The Morgan fingerprint density at radius 1 is 1.15 bits per heavy atom. The Balaban J connectivity index is 1.42. The summed E-state index contributed by atoms with van der Waals surface area (Å²) in [5.74, 6) is 1.42. The quantitative estimate of drug-likeness (QED) is 0.798. The molecule has 0 bridgehead atoms. The van der Waals surface area contributed by atoms with Crippen LogP contribution in [-0.2, 0) is 22.6 Å². The van der Waals surface area contributed by atoms with E-state index >= 15 is 0 Å². The van der Waals surface area contributed by atoms with Crippen molar-refractivity contribution in [1.29, 1.82) is 0 Å². The summed E-state index contributed by atoms with van der Waals surface area (Å²) >= 11 is 0. The molecule has 3 aliphatic heterocycles. The molecule has 0 aliphatic carbocycles. The largest absolute Gasteiger partial charge is 0.342 e. The minimum absolute atomic E-state index is 0.0368. The predicted molar refractivity (Wildman–Crippen MR) is 101 cm³/mol. The van der Waals surface area contributed by atoms with Crippen LogP contribution < -0.4 is 0 Å². The molecule has 7 nitrogen and oxygen atoms in total. The topological polar surface area (TPSA) is 69.6 Å². The first-order chi connectivity index (χ1) is 13.0. The van der Waals surface area contributed by atoms with E-state index in [-0.39, 0.29) is 23.8 Å². The van der Waals surface area contributed by atoms with Gasteiger partial charge in [-0.1, -0.05) is 0 Å². The lowest BCUT2D eigenvalue weighted by atomic mass is 10.0. The highest BCUT2D eigenvalue weighted by molar-refractivity contribution is 5.81. The Kier molecular flexibility index (Phi) is 5.12. The summed E-state index contributed by atoms with van der Waals surface area (Å²) in [4.78, 5) is 39.9. The number of carbonyl (C=O) groups excluding carboxylic acids is 2. The highest BCUT2D eigenvalue weighted by Crippen LogP contribution is 2.27. The maximum absolute atomic E-state index is 12.9. The summed E-state index contributed by atoms with van der Waals surface area (Å²) in [6.07, 6.45) is 6.00. The van der Waals surface area contributed by atoms with Crippen molar-refractivity contribution in [2.24, 2.45) is 0 Å². The molecule has 0 unspecified atom stereocenters. The Labute approximate surface area is 160 Å². The smallest absolute Gasteiger partial charge is 0.239 e.